The summed E-state index contributed by atoms with van der Waals surface area (Å²) in [5, 5.41) is 0. The van der Waals surface area contributed by atoms with Gasteiger partial charge in [0, 0.05) is 17.1 Å². The third-order valence-electron chi connectivity index (χ3n) is 3.35. The van der Waals surface area contributed by atoms with E-state index < -0.39 is 9.84 Å². The Bertz CT molecular complexity index is 585. The van der Waals surface area contributed by atoms with E-state index in [0.29, 0.717) is 18.5 Å². The van der Waals surface area contributed by atoms with Gasteiger partial charge in [0.1, 0.15) is 0 Å². The molecule has 1 amide bonds. The molecule has 1 heterocycles. The Kier molecular flexibility index (Phi) is 4.30. The van der Waals surface area contributed by atoms with Crippen molar-refractivity contribution in [3.05, 3.63) is 34.3 Å². The fraction of sp³-hybridized carbons (Fsp3) is 0.462. The normalized spacial score (nSPS) is 21.3. The van der Waals surface area contributed by atoms with Crippen molar-refractivity contribution in [2.75, 3.05) is 18.1 Å². The summed E-state index contributed by atoms with van der Waals surface area (Å²) < 4.78 is 23.8. The summed E-state index contributed by atoms with van der Waals surface area (Å²) in [7, 11) is -2.98. The summed E-state index contributed by atoms with van der Waals surface area (Å²) in [5.41, 5.74) is 0.577. The first kappa shape index (κ1) is 14.5. The van der Waals surface area contributed by atoms with Crippen LogP contribution in [0.5, 0.6) is 0 Å². The van der Waals surface area contributed by atoms with Crippen molar-refractivity contribution in [1.29, 1.82) is 0 Å². The molecular weight excluding hydrogens is 330 g/mol. The lowest BCUT2D eigenvalue weighted by molar-refractivity contribution is 0.0707. The highest BCUT2D eigenvalue weighted by molar-refractivity contribution is 9.10. The number of rotatable bonds is 3. The molecular formula is C13H16BrNO3S. The van der Waals surface area contributed by atoms with Gasteiger partial charge in [0.2, 0.25) is 0 Å². The molecule has 104 valence electrons. The maximum absolute atomic E-state index is 12.5. The fourth-order valence-electron chi connectivity index (χ4n) is 2.38. The summed E-state index contributed by atoms with van der Waals surface area (Å²) in [6, 6.07) is 7.01. The number of hydrogen-bond acceptors (Lipinski definition) is 3. The lowest BCUT2D eigenvalue weighted by Gasteiger charge is -2.27. The predicted molar refractivity (Wildman–Crippen MR) is 77.9 cm³/mol. The number of benzene rings is 1. The maximum Gasteiger partial charge on any atom is 0.255 e. The molecule has 0 N–H and O–H groups in total. The smallest absolute Gasteiger partial charge is 0.255 e. The average Bonchev–Trinajstić information content (AvgIpc) is 2.71. The van der Waals surface area contributed by atoms with Crippen molar-refractivity contribution < 1.29 is 13.2 Å². The van der Waals surface area contributed by atoms with Gasteiger partial charge >= 0.3 is 0 Å². The van der Waals surface area contributed by atoms with Crippen LogP contribution in [-0.4, -0.2) is 43.3 Å². The first-order valence-electron chi connectivity index (χ1n) is 6.20. The molecule has 0 bridgehead atoms. The zero-order valence-electron chi connectivity index (χ0n) is 10.7. The number of halogens is 1. The van der Waals surface area contributed by atoms with Gasteiger partial charge in [0.05, 0.1) is 17.1 Å². The second-order valence-corrected chi connectivity index (χ2v) is 7.71. The van der Waals surface area contributed by atoms with Crippen LogP contribution in [0.4, 0.5) is 0 Å². The molecule has 0 spiro atoms. The van der Waals surface area contributed by atoms with Crippen molar-refractivity contribution in [2.24, 2.45) is 0 Å². The Balaban J connectivity index is 2.24. The summed E-state index contributed by atoms with van der Waals surface area (Å²) in [6.07, 6.45) is 0.534. The minimum Gasteiger partial charge on any atom is -0.335 e. The molecule has 2 rings (SSSR count). The SMILES string of the molecule is CCN(C(=O)c1ccccc1Br)C1CCS(=O)(=O)C1. The Morgan fingerprint density at radius 2 is 2.11 bits per heavy atom. The third-order valence-corrected chi connectivity index (χ3v) is 5.80. The van der Waals surface area contributed by atoms with Gasteiger partial charge in [-0.3, -0.25) is 4.79 Å². The van der Waals surface area contributed by atoms with E-state index in [0.717, 1.165) is 4.47 Å². The van der Waals surface area contributed by atoms with E-state index in [1.54, 1.807) is 17.0 Å². The molecule has 19 heavy (non-hydrogen) atoms. The topological polar surface area (TPSA) is 54.5 Å². The minimum atomic E-state index is -2.98. The lowest BCUT2D eigenvalue weighted by atomic mass is 10.1. The van der Waals surface area contributed by atoms with Gasteiger partial charge in [-0.25, -0.2) is 8.42 Å². The first-order valence-corrected chi connectivity index (χ1v) is 8.82. The molecule has 0 aliphatic carbocycles. The lowest BCUT2D eigenvalue weighted by Crippen LogP contribution is -2.41. The van der Waals surface area contributed by atoms with Gasteiger partial charge < -0.3 is 4.90 Å². The molecule has 1 aliphatic heterocycles. The quantitative estimate of drug-likeness (QED) is 0.842. The van der Waals surface area contributed by atoms with Gasteiger partial charge in [-0.15, -0.1) is 0 Å². The van der Waals surface area contributed by atoms with Crippen molar-refractivity contribution in [3.63, 3.8) is 0 Å². The molecule has 1 aliphatic rings. The number of amides is 1. The number of carbonyl (C=O) groups excluding carboxylic acids is 1. The van der Waals surface area contributed by atoms with E-state index in [4.69, 9.17) is 0 Å². The van der Waals surface area contributed by atoms with E-state index in [-0.39, 0.29) is 23.5 Å². The Labute approximate surface area is 121 Å². The van der Waals surface area contributed by atoms with Crippen LogP contribution in [0.1, 0.15) is 23.7 Å². The van der Waals surface area contributed by atoms with Crippen molar-refractivity contribution in [3.8, 4) is 0 Å². The van der Waals surface area contributed by atoms with Gasteiger partial charge in [0.15, 0.2) is 9.84 Å². The van der Waals surface area contributed by atoms with E-state index in [1.165, 1.54) is 0 Å². The summed E-state index contributed by atoms with van der Waals surface area (Å²) in [4.78, 5) is 14.2. The fourth-order valence-corrected chi connectivity index (χ4v) is 4.56. The van der Waals surface area contributed by atoms with Crippen molar-refractivity contribution in [1.82, 2.24) is 4.90 Å². The van der Waals surface area contributed by atoms with Crippen LogP contribution in [-0.2, 0) is 9.84 Å². The maximum atomic E-state index is 12.5. The van der Waals surface area contributed by atoms with E-state index in [9.17, 15) is 13.2 Å². The molecule has 4 nitrogen and oxygen atoms in total. The molecule has 0 aromatic heterocycles. The number of sulfone groups is 1. The molecule has 0 radical (unpaired) electrons. The van der Waals surface area contributed by atoms with Crippen LogP contribution >= 0.6 is 15.9 Å². The van der Waals surface area contributed by atoms with Gasteiger partial charge in [-0.2, -0.15) is 0 Å². The Hall–Kier alpha value is -0.880. The second kappa shape index (κ2) is 5.63. The Morgan fingerprint density at radius 1 is 1.42 bits per heavy atom. The summed E-state index contributed by atoms with van der Waals surface area (Å²) in [6.45, 7) is 2.39. The zero-order valence-corrected chi connectivity index (χ0v) is 13.1. The summed E-state index contributed by atoms with van der Waals surface area (Å²) in [5.74, 6) is 0.145. The van der Waals surface area contributed by atoms with E-state index >= 15 is 0 Å². The highest BCUT2D eigenvalue weighted by Gasteiger charge is 2.34. The molecule has 1 saturated heterocycles. The highest BCUT2D eigenvalue weighted by atomic mass is 79.9. The van der Waals surface area contributed by atoms with Crippen LogP contribution < -0.4 is 0 Å². The number of hydrogen-bond donors (Lipinski definition) is 0. The van der Waals surface area contributed by atoms with E-state index in [2.05, 4.69) is 15.9 Å². The van der Waals surface area contributed by atoms with Crippen molar-refractivity contribution in [2.45, 2.75) is 19.4 Å². The van der Waals surface area contributed by atoms with Gasteiger partial charge in [-0.05, 0) is 41.4 Å². The highest BCUT2D eigenvalue weighted by Crippen LogP contribution is 2.23. The largest absolute Gasteiger partial charge is 0.335 e. The molecule has 1 aromatic rings. The van der Waals surface area contributed by atoms with Crippen LogP contribution in [0.15, 0.2) is 28.7 Å². The van der Waals surface area contributed by atoms with Crippen molar-refractivity contribution >= 4 is 31.7 Å². The van der Waals surface area contributed by atoms with Gasteiger partial charge in [0.25, 0.3) is 5.91 Å². The molecule has 6 heteroatoms. The Morgan fingerprint density at radius 3 is 2.63 bits per heavy atom. The number of nitrogens with zero attached hydrogens (tertiary/aromatic N) is 1. The van der Waals surface area contributed by atoms with Gasteiger partial charge in [-0.1, -0.05) is 12.1 Å². The monoisotopic (exact) mass is 345 g/mol. The molecule has 1 unspecified atom stereocenters. The first-order chi connectivity index (χ1) is 8.94. The molecule has 0 saturated carbocycles. The molecule has 1 aromatic carbocycles. The second-order valence-electron chi connectivity index (χ2n) is 4.63. The molecule has 1 fully saturated rings. The summed E-state index contributed by atoms with van der Waals surface area (Å²) >= 11 is 3.36. The van der Waals surface area contributed by atoms with Crippen LogP contribution in [0, 0.1) is 0 Å². The zero-order chi connectivity index (χ0) is 14.0. The van der Waals surface area contributed by atoms with Crippen LogP contribution in [0.3, 0.4) is 0 Å². The standard InChI is InChI=1S/C13H16BrNO3S/c1-2-15(10-7-8-19(17,18)9-10)13(16)11-5-3-4-6-12(11)14/h3-6,10H,2,7-9H2,1H3. The van der Waals surface area contributed by atoms with E-state index in [1.807, 2.05) is 19.1 Å². The van der Waals surface area contributed by atoms with Crippen LogP contribution in [0.2, 0.25) is 0 Å². The third kappa shape index (κ3) is 3.17. The predicted octanol–water partition coefficient (Wildman–Crippen LogP) is 2.10. The minimum absolute atomic E-state index is 0.0804. The molecule has 1 atom stereocenters. The van der Waals surface area contributed by atoms with Crippen LogP contribution in [0.25, 0.3) is 0 Å². The average molecular weight is 346 g/mol. The number of carbonyl (C=O) groups is 1.